The second-order valence-electron chi connectivity index (χ2n) is 9.96. The molecule has 0 aliphatic heterocycles. The Balaban J connectivity index is 5.85. The van der Waals surface area contributed by atoms with Gasteiger partial charge in [0, 0.05) is 15.6 Å². The van der Waals surface area contributed by atoms with E-state index in [0.717, 1.165) is 8.52 Å². The van der Waals surface area contributed by atoms with Gasteiger partial charge < -0.3 is 0 Å². The van der Waals surface area contributed by atoms with Gasteiger partial charge in [-0.1, -0.05) is 61.2 Å². The molecule has 126 valence electrons. The van der Waals surface area contributed by atoms with Crippen molar-refractivity contribution in [2.24, 2.45) is 4.41 Å². The zero-order valence-corrected chi connectivity index (χ0v) is 19.1. The lowest BCUT2D eigenvalue weighted by atomic mass is 10.1. The predicted octanol–water partition coefficient (Wildman–Crippen LogP) is 6.98. The van der Waals surface area contributed by atoms with E-state index in [4.69, 9.17) is 4.41 Å². The van der Waals surface area contributed by atoms with E-state index >= 15 is 4.11 Å². The smallest absolute Gasteiger partial charge is 0.282 e. The third-order valence-electron chi connectivity index (χ3n) is 3.53. The summed E-state index contributed by atoms with van der Waals surface area (Å²) < 4.78 is 23.0. The number of nitrogens with zero attached hydrogens (tertiary/aromatic N) is 2. The molecule has 0 unspecified atom stereocenters. The molecule has 0 amide bonds. The maximum atomic E-state index is 15.9. The topological polar surface area (TPSA) is 15.6 Å². The molecule has 0 aliphatic carbocycles. The molecule has 21 heavy (non-hydrogen) atoms. The van der Waals surface area contributed by atoms with Crippen molar-refractivity contribution < 1.29 is 4.11 Å². The molecule has 0 spiro atoms. The molecular weight excluding hydrogens is 314 g/mol. The van der Waals surface area contributed by atoms with Crippen LogP contribution in [0.25, 0.3) is 0 Å². The molecule has 0 aromatic rings. The van der Waals surface area contributed by atoms with Crippen LogP contribution in [0.4, 0.5) is 4.11 Å². The first-order valence-corrected chi connectivity index (χ1v) is 13.8. The molecule has 0 atom stereocenters. The van der Waals surface area contributed by atoms with Crippen molar-refractivity contribution in [3.8, 4) is 0 Å². The molecule has 0 saturated heterocycles. The summed E-state index contributed by atoms with van der Waals surface area (Å²) in [5.41, 5.74) is 0.0145. The Bertz CT molecular complexity index is 356. The Morgan fingerprint density at radius 1 is 0.810 bits per heavy atom. The minimum atomic E-state index is -3.28. The average molecular weight is 351 g/mol. The summed E-state index contributed by atoms with van der Waals surface area (Å²) >= 11 is 0. The van der Waals surface area contributed by atoms with Gasteiger partial charge in [-0.05, 0) is 20.8 Å². The molecule has 0 aromatic carbocycles. The van der Waals surface area contributed by atoms with Crippen LogP contribution in [0, 0.1) is 0 Å². The van der Waals surface area contributed by atoms with Crippen molar-refractivity contribution in [3.05, 3.63) is 0 Å². The second-order valence-corrected chi connectivity index (χ2v) is 20.8. The maximum Gasteiger partial charge on any atom is 0.381 e. The minimum absolute atomic E-state index is 0.0145. The van der Waals surface area contributed by atoms with Crippen LogP contribution < -0.4 is 0 Å². The summed E-state index contributed by atoms with van der Waals surface area (Å²) in [6, 6.07) is 0. The van der Waals surface area contributed by atoms with E-state index in [9.17, 15) is 0 Å². The third kappa shape index (κ3) is 5.23. The van der Waals surface area contributed by atoms with Gasteiger partial charge >= 0.3 is 8.57 Å². The van der Waals surface area contributed by atoms with Crippen LogP contribution in [-0.2, 0) is 0 Å². The van der Waals surface area contributed by atoms with E-state index in [0.29, 0.717) is 0 Å². The Kier molecular flexibility index (Phi) is 6.26. The van der Waals surface area contributed by atoms with Crippen molar-refractivity contribution in [3.63, 3.8) is 0 Å². The van der Waals surface area contributed by atoms with Gasteiger partial charge in [-0.3, -0.25) is 12.9 Å². The lowest BCUT2D eigenvalue weighted by molar-refractivity contribution is 0.377. The predicted molar refractivity (Wildman–Crippen MR) is 101 cm³/mol. The molecule has 0 fully saturated rings. The van der Waals surface area contributed by atoms with Crippen LogP contribution in [0.3, 0.4) is 0 Å². The first-order valence-electron chi connectivity index (χ1n) is 7.76. The lowest BCUT2D eigenvalue weighted by Crippen LogP contribution is -2.51. The zero-order chi connectivity index (χ0) is 17.5. The number of rotatable bonds is 3. The van der Waals surface area contributed by atoms with Gasteiger partial charge in [-0.15, -0.1) is 0 Å². The zero-order valence-electron chi connectivity index (χ0n) is 16.2. The van der Waals surface area contributed by atoms with Gasteiger partial charge in [0.2, 0.25) is 0 Å². The summed E-state index contributed by atoms with van der Waals surface area (Å²) in [6.07, 6.45) is 0. The van der Waals surface area contributed by atoms with Crippen molar-refractivity contribution >= 4 is 25.3 Å². The van der Waals surface area contributed by atoms with Gasteiger partial charge in [0.15, 0.2) is 0 Å². The first kappa shape index (κ1) is 21.4. The number of hydrogen-bond donors (Lipinski definition) is 0. The third-order valence-corrected chi connectivity index (χ3v) is 13.8. The van der Waals surface area contributed by atoms with Crippen LogP contribution in [-0.4, -0.2) is 26.7 Å². The van der Waals surface area contributed by atoms with Crippen molar-refractivity contribution in [2.45, 2.75) is 97.6 Å². The van der Waals surface area contributed by atoms with Crippen LogP contribution in [0.5, 0.6) is 0 Å². The minimum Gasteiger partial charge on any atom is -0.282 e. The molecular formula is C15H36FN2PSi2. The van der Waals surface area contributed by atoms with Gasteiger partial charge in [0.25, 0.3) is 0 Å². The SMILES string of the molecule is CC(C)(C)N(P=N[Si](F)(C(C)(C)C)C(C)(C)C)[Si](C)(C)C. The monoisotopic (exact) mass is 350 g/mol. The van der Waals surface area contributed by atoms with Crippen LogP contribution in [0.15, 0.2) is 4.41 Å². The molecule has 0 rings (SSSR count). The van der Waals surface area contributed by atoms with Crippen LogP contribution >= 0.6 is 8.52 Å². The summed E-state index contributed by atoms with van der Waals surface area (Å²) in [7, 11) is -4.02. The van der Waals surface area contributed by atoms with Crippen LogP contribution in [0.2, 0.25) is 29.7 Å². The lowest BCUT2D eigenvalue weighted by Gasteiger charge is -2.43. The Labute approximate surface area is 136 Å². The summed E-state index contributed by atoms with van der Waals surface area (Å²) in [5.74, 6) is 0. The van der Waals surface area contributed by atoms with Crippen molar-refractivity contribution in [2.75, 3.05) is 0 Å². The normalized spacial score (nSPS) is 16.1. The van der Waals surface area contributed by atoms with E-state index in [1.165, 1.54) is 0 Å². The van der Waals surface area contributed by atoms with E-state index in [1.807, 2.05) is 41.5 Å². The molecule has 0 N–H and O–H groups in total. The van der Waals surface area contributed by atoms with E-state index in [2.05, 4.69) is 44.7 Å². The molecule has 0 aromatic heterocycles. The fourth-order valence-electron chi connectivity index (χ4n) is 2.81. The molecule has 0 heterocycles. The second kappa shape index (κ2) is 6.14. The standard InChI is InChI=1S/C15H36FN2PSi2/c1-13(2,3)18(20(10,11)12)19-17-21(16,14(4,5)6)15(7,8)9/h1-12H3. The molecule has 0 bridgehead atoms. The van der Waals surface area contributed by atoms with Gasteiger partial charge in [0.1, 0.15) is 8.24 Å². The fraction of sp³-hybridized carbons (Fsp3) is 1.00. The van der Waals surface area contributed by atoms with E-state index in [-0.39, 0.29) is 15.6 Å². The van der Waals surface area contributed by atoms with Gasteiger partial charge in [-0.25, -0.2) is 0 Å². The molecule has 2 nitrogen and oxygen atoms in total. The van der Waals surface area contributed by atoms with Gasteiger partial charge in [-0.2, -0.15) is 0 Å². The quantitative estimate of drug-likeness (QED) is 0.304. The fourth-order valence-corrected chi connectivity index (χ4v) is 12.1. The van der Waals surface area contributed by atoms with Crippen LogP contribution in [0.1, 0.15) is 62.3 Å². The van der Waals surface area contributed by atoms with Gasteiger partial charge in [0.05, 0.1) is 8.52 Å². The first-order chi connectivity index (χ1) is 8.84. The molecule has 0 radical (unpaired) electrons. The summed E-state index contributed by atoms with van der Waals surface area (Å²) in [5, 5.41) is -0.775. The summed E-state index contributed by atoms with van der Waals surface area (Å²) in [6.45, 7) is 25.5. The Hall–Kier alpha value is 0.424. The number of hydrogen-bond acceptors (Lipinski definition) is 1. The Morgan fingerprint density at radius 3 is 1.33 bits per heavy atom. The molecule has 0 saturated carbocycles. The molecule has 0 aliphatic rings. The average Bonchev–Trinajstić information content (AvgIpc) is 2.08. The molecule has 6 heteroatoms. The highest BCUT2D eigenvalue weighted by Gasteiger charge is 2.56. The highest BCUT2D eigenvalue weighted by molar-refractivity contribution is 7.30. The summed E-state index contributed by atoms with van der Waals surface area (Å²) in [4.78, 5) is 0. The highest BCUT2D eigenvalue weighted by atomic mass is 31.1. The Morgan fingerprint density at radius 2 is 1.14 bits per heavy atom. The maximum absolute atomic E-state index is 15.9. The number of halogens is 1. The van der Waals surface area contributed by atoms with E-state index < -0.39 is 16.8 Å². The highest BCUT2D eigenvalue weighted by Crippen LogP contribution is 2.54. The van der Waals surface area contributed by atoms with Crippen molar-refractivity contribution in [1.29, 1.82) is 0 Å². The van der Waals surface area contributed by atoms with Crippen molar-refractivity contribution in [1.82, 2.24) is 4.34 Å². The van der Waals surface area contributed by atoms with E-state index in [1.54, 1.807) is 0 Å². The largest absolute Gasteiger partial charge is 0.381 e.